The summed E-state index contributed by atoms with van der Waals surface area (Å²) in [6, 6.07) is 17.3. The highest BCUT2D eigenvalue weighted by Crippen LogP contribution is 2.39. The number of hydrogen-bond acceptors (Lipinski definition) is 3. The van der Waals surface area contributed by atoms with Crippen LogP contribution in [0, 0.1) is 5.82 Å². The first-order chi connectivity index (χ1) is 15.0. The molecule has 1 heterocycles. The van der Waals surface area contributed by atoms with E-state index in [2.05, 4.69) is 19.1 Å². The summed E-state index contributed by atoms with van der Waals surface area (Å²) in [5.41, 5.74) is 2.47. The van der Waals surface area contributed by atoms with Crippen LogP contribution in [0.15, 0.2) is 60.7 Å². The van der Waals surface area contributed by atoms with Crippen molar-refractivity contribution >= 4 is 5.97 Å². The van der Waals surface area contributed by atoms with Crippen LogP contribution in [0.2, 0.25) is 0 Å². The van der Waals surface area contributed by atoms with E-state index < -0.39 is 35.6 Å². The van der Waals surface area contributed by atoms with Crippen molar-refractivity contribution in [3.63, 3.8) is 0 Å². The Hall–Kier alpha value is -3.12. The average molecular weight is 426 g/mol. The first kappa shape index (κ1) is 21.1. The summed E-state index contributed by atoms with van der Waals surface area (Å²) in [7, 11) is 0. The number of carbonyl (C=O) groups is 1. The Labute approximate surface area is 178 Å². The number of alkyl halides is 2. The normalized spacial score (nSPS) is 15.2. The van der Waals surface area contributed by atoms with Gasteiger partial charge in [0.05, 0.1) is 17.7 Å². The van der Waals surface area contributed by atoms with E-state index in [1.54, 1.807) is 24.3 Å². The van der Waals surface area contributed by atoms with Gasteiger partial charge < -0.3 is 9.47 Å². The lowest BCUT2D eigenvalue weighted by atomic mass is 10.0. The quantitative estimate of drug-likeness (QED) is 0.241. The number of halogens is 3. The fourth-order valence-corrected chi connectivity index (χ4v) is 3.47. The van der Waals surface area contributed by atoms with Crippen molar-refractivity contribution in [2.45, 2.75) is 32.3 Å². The van der Waals surface area contributed by atoms with Crippen LogP contribution in [0.4, 0.5) is 13.2 Å². The molecule has 0 radical (unpaired) electrons. The van der Waals surface area contributed by atoms with Gasteiger partial charge in [0.1, 0.15) is 17.7 Å². The summed E-state index contributed by atoms with van der Waals surface area (Å²) in [5.74, 6) is -2.41. The summed E-state index contributed by atoms with van der Waals surface area (Å²) in [6.45, 7) is 2.41. The zero-order valence-electron chi connectivity index (χ0n) is 16.9. The first-order valence-corrected chi connectivity index (χ1v) is 10.1. The lowest BCUT2D eigenvalue weighted by Crippen LogP contribution is -2.11. The Kier molecular flexibility index (Phi) is 6.09. The lowest BCUT2D eigenvalue weighted by molar-refractivity contribution is 0.0720. The molecule has 6 heteroatoms. The van der Waals surface area contributed by atoms with Crippen LogP contribution >= 0.6 is 0 Å². The molecule has 1 saturated heterocycles. The van der Waals surface area contributed by atoms with Gasteiger partial charge in [-0.25, -0.2) is 18.0 Å². The van der Waals surface area contributed by atoms with E-state index in [9.17, 15) is 18.0 Å². The van der Waals surface area contributed by atoms with Crippen LogP contribution in [0.1, 0.15) is 52.9 Å². The maximum atomic E-state index is 14.5. The number of esters is 1. The van der Waals surface area contributed by atoms with Crippen molar-refractivity contribution in [3.8, 4) is 16.9 Å². The third-order valence-electron chi connectivity index (χ3n) is 5.22. The molecule has 1 aliphatic rings. The summed E-state index contributed by atoms with van der Waals surface area (Å²) >= 11 is 0. The van der Waals surface area contributed by atoms with E-state index in [1.165, 1.54) is 17.7 Å². The largest absolute Gasteiger partial charge is 0.422 e. The molecular formula is C25H21F3O3. The molecule has 0 spiro atoms. The van der Waals surface area contributed by atoms with Crippen molar-refractivity contribution in [1.29, 1.82) is 0 Å². The molecule has 31 heavy (non-hydrogen) atoms. The van der Waals surface area contributed by atoms with Gasteiger partial charge in [0, 0.05) is 5.56 Å². The minimum atomic E-state index is -3.13. The summed E-state index contributed by atoms with van der Waals surface area (Å²) in [5, 5.41) is 0. The Bertz CT molecular complexity index is 1070. The summed E-state index contributed by atoms with van der Waals surface area (Å²) in [4.78, 5) is 12.5. The number of carbonyl (C=O) groups excluding carboxylic acids is 1. The van der Waals surface area contributed by atoms with E-state index in [4.69, 9.17) is 9.47 Å². The highest BCUT2D eigenvalue weighted by Gasteiger charge is 2.33. The Morgan fingerprint density at radius 1 is 1.03 bits per heavy atom. The Morgan fingerprint density at radius 2 is 1.65 bits per heavy atom. The molecule has 0 saturated carbocycles. The molecule has 4 rings (SSSR count). The molecule has 1 atom stereocenters. The van der Waals surface area contributed by atoms with Crippen molar-refractivity contribution < 1.29 is 27.4 Å². The number of hydrogen-bond donors (Lipinski definition) is 0. The van der Waals surface area contributed by atoms with E-state index in [0.29, 0.717) is 0 Å². The third kappa shape index (κ3) is 4.64. The van der Waals surface area contributed by atoms with E-state index in [0.717, 1.165) is 24.0 Å². The zero-order valence-corrected chi connectivity index (χ0v) is 16.9. The first-order valence-electron chi connectivity index (χ1n) is 10.1. The van der Waals surface area contributed by atoms with Crippen LogP contribution in [-0.4, -0.2) is 12.6 Å². The van der Waals surface area contributed by atoms with Gasteiger partial charge >= 0.3 is 5.97 Å². The van der Waals surface area contributed by atoms with Crippen LogP contribution in [0.3, 0.4) is 0 Å². The maximum absolute atomic E-state index is 14.5. The predicted molar refractivity (Wildman–Crippen MR) is 111 cm³/mol. The Morgan fingerprint density at radius 3 is 2.19 bits per heavy atom. The second-order valence-electron chi connectivity index (χ2n) is 7.42. The predicted octanol–water partition coefficient (Wildman–Crippen LogP) is 6.67. The zero-order chi connectivity index (χ0) is 22.0. The number of aryl methyl sites for hydroxylation is 1. The van der Waals surface area contributed by atoms with Gasteiger partial charge in [-0.3, -0.25) is 0 Å². The van der Waals surface area contributed by atoms with Gasteiger partial charge in [-0.2, -0.15) is 0 Å². The minimum Gasteiger partial charge on any atom is -0.422 e. The molecule has 3 aromatic rings. The van der Waals surface area contributed by atoms with Crippen molar-refractivity contribution in [1.82, 2.24) is 0 Å². The van der Waals surface area contributed by atoms with E-state index >= 15 is 0 Å². The lowest BCUT2D eigenvalue weighted by Gasteiger charge is -2.13. The van der Waals surface area contributed by atoms with Gasteiger partial charge in [0.25, 0.3) is 6.43 Å². The standard InChI is InChI=1S/C25H21F3O3/c1-2-3-15-4-6-16(7-5-15)17-8-10-18(11-9-17)25(29)31-20-13-12-19(21-14-30-21)23(26)22(20)24(27)28/h4-13,21,24H,2-3,14H2,1H3. The fraction of sp³-hybridized carbons (Fsp3) is 0.240. The molecule has 3 nitrogen and oxygen atoms in total. The van der Waals surface area contributed by atoms with Gasteiger partial charge in [-0.05, 0) is 47.4 Å². The second kappa shape index (κ2) is 8.94. The van der Waals surface area contributed by atoms with Gasteiger partial charge in [0.15, 0.2) is 0 Å². The Balaban J connectivity index is 1.52. The molecule has 1 fully saturated rings. The molecule has 0 bridgehead atoms. The fourth-order valence-electron chi connectivity index (χ4n) is 3.47. The smallest absolute Gasteiger partial charge is 0.343 e. The highest BCUT2D eigenvalue weighted by molar-refractivity contribution is 5.91. The highest BCUT2D eigenvalue weighted by atomic mass is 19.3. The summed E-state index contributed by atoms with van der Waals surface area (Å²) < 4.78 is 51.5. The second-order valence-corrected chi connectivity index (χ2v) is 7.42. The van der Waals surface area contributed by atoms with Crippen LogP contribution in [-0.2, 0) is 11.2 Å². The molecule has 160 valence electrons. The summed E-state index contributed by atoms with van der Waals surface area (Å²) in [6.07, 6.45) is -1.56. The molecule has 0 amide bonds. The molecule has 0 aromatic heterocycles. The van der Waals surface area contributed by atoms with Crippen molar-refractivity contribution in [2.24, 2.45) is 0 Å². The molecular weight excluding hydrogens is 405 g/mol. The van der Waals surface area contributed by atoms with Crippen LogP contribution in [0.25, 0.3) is 11.1 Å². The molecule has 0 aliphatic carbocycles. The number of ether oxygens (including phenoxy) is 2. The molecule has 3 aromatic carbocycles. The molecule has 1 aliphatic heterocycles. The van der Waals surface area contributed by atoms with Gasteiger partial charge in [-0.1, -0.05) is 49.7 Å². The van der Waals surface area contributed by atoms with Crippen LogP contribution in [0.5, 0.6) is 5.75 Å². The van der Waals surface area contributed by atoms with E-state index in [1.807, 2.05) is 12.1 Å². The molecule has 0 N–H and O–H groups in total. The van der Waals surface area contributed by atoms with Crippen molar-refractivity contribution in [2.75, 3.05) is 6.61 Å². The SMILES string of the molecule is CCCc1ccc(-c2ccc(C(=O)Oc3ccc(C4CO4)c(F)c3C(F)F)cc2)cc1. The average Bonchev–Trinajstić information content (AvgIpc) is 3.60. The van der Waals surface area contributed by atoms with Crippen molar-refractivity contribution in [3.05, 3.63) is 88.7 Å². The topological polar surface area (TPSA) is 38.8 Å². The van der Waals surface area contributed by atoms with Gasteiger partial charge in [-0.15, -0.1) is 0 Å². The third-order valence-corrected chi connectivity index (χ3v) is 5.22. The number of rotatable bonds is 7. The number of benzene rings is 3. The monoisotopic (exact) mass is 426 g/mol. The maximum Gasteiger partial charge on any atom is 0.343 e. The van der Waals surface area contributed by atoms with Gasteiger partial charge in [0.2, 0.25) is 0 Å². The minimum absolute atomic E-state index is 0.0457. The number of epoxide rings is 1. The molecule has 1 unspecified atom stereocenters. The van der Waals surface area contributed by atoms with E-state index in [-0.39, 0.29) is 17.7 Å². The van der Waals surface area contributed by atoms with Crippen LogP contribution < -0.4 is 4.74 Å².